The number of aromatic nitrogens is 4. The van der Waals surface area contributed by atoms with E-state index < -0.39 is 0 Å². The number of carbonyl (C=O) groups excluding carboxylic acids is 1. The first-order chi connectivity index (χ1) is 14.1. The van der Waals surface area contributed by atoms with Crippen LogP contribution in [0.5, 0.6) is 0 Å². The zero-order valence-corrected chi connectivity index (χ0v) is 17.4. The first-order valence-electron chi connectivity index (χ1n) is 9.72. The van der Waals surface area contributed by atoms with Gasteiger partial charge in [0, 0.05) is 31.9 Å². The van der Waals surface area contributed by atoms with E-state index in [4.69, 9.17) is 0 Å². The van der Waals surface area contributed by atoms with Gasteiger partial charge in [-0.1, -0.05) is 47.7 Å². The molecule has 0 radical (unpaired) electrons. The molecule has 1 saturated heterocycles. The molecular weight excluding hydrogens is 384 g/mol. The average Bonchev–Trinajstić information content (AvgIpc) is 3.22. The van der Waals surface area contributed by atoms with Crippen molar-refractivity contribution >= 4 is 23.4 Å². The number of anilines is 1. The van der Waals surface area contributed by atoms with E-state index in [-0.39, 0.29) is 11.2 Å². The third-order valence-corrected chi connectivity index (χ3v) is 6.08. The third-order valence-electron chi connectivity index (χ3n) is 5.06. The monoisotopic (exact) mass is 408 g/mol. The number of nitrogens with zero attached hydrogens (tertiary/aromatic N) is 6. The van der Waals surface area contributed by atoms with Gasteiger partial charge < -0.3 is 9.80 Å². The lowest BCUT2D eigenvalue weighted by Crippen LogP contribution is -2.50. The van der Waals surface area contributed by atoms with Crippen LogP contribution in [0.3, 0.4) is 0 Å². The Kier molecular flexibility index (Phi) is 5.80. The van der Waals surface area contributed by atoms with Crippen LogP contribution in [0.15, 0.2) is 59.8 Å². The summed E-state index contributed by atoms with van der Waals surface area (Å²) >= 11 is 1.40. The summed E-state index contributed by atoms with van der Waals surface area (Å²) in [7, 11) is 0. The van der Waals surface area contributed by atoms with Crippen molar-refractivity contribution in [1.82, 2.24) is 25.1 Å². The molecule has 3 aromatic rings. The Bertz CT molecular complexity index is 951. The van der Waals surface area contributed by atoms with Crippen molar-refractivity contribution in [2.24, 2.45) is 0 Å². The van der Waals surface area contributed by atoms with Gasteiger partial charge in [-0.3, -0.25) is 4.79 Å². The van der Waals surface area contributed by atoms with E-state index in [0.29, 0.717) is 5.16 Å². The van der Waals surface area contributed by atoms with Crippen molar-refractivity contribution in [3.8, 4) is 5.69 Å². The van der Waals surface area contributed by atoms with Crippen LogP contribution in [0.25, 0.3) is 5.69 Å². The number of hydrogen-bond acceptors (Lipinski definition) is 6. The van der Waals surface area contributed by atoms with Crippen LogP contribution >= 0.6 is 11.8 Å². The van der Waals surface area contributed by atoms with Crippen LogP contribution < -0.4 is 4.90 Å². The highest BCUT2D eigenvalue weighted by Gasteiger charge is 2.27. The van der Waals surface area contributed by atoms with Crippen molar-refractivity contribution in [2.75, 3.05) is 31.1 Å². The molecular formula is C21H24N6OS. The lowest BCUT2D eigenvalue weighted by Gasteiger charge is -2.37. The Morgan fingerprint density at radius 3 is 2.34 bits per heavy atom. The van der Waals surface area contributed by atoms with Crippen LogP contribution in [0.4, 0.5) is 5.69 Å². The third kappa shape index (κ3) is 4.42. The quantitative estimate of drug-likeness (QED) is 0.605. The van der Waals surface area contributed by atoms with Crippen molar-refractivity contribution in [1.29, 1.82) is 0 Å². The summed E-state index contributed by atoms with van der Waals surface area (Å²) in [4.78, 5) is 17.2. The molecule has 1 aromatic heterocycles. The van der Waals surface area contributed by atoms with E-state index in [1.54, 1.807) is 4.68 Å². The summed E-state index contributed by atoms with van der Waals surface area (Å²) in [6.45, 7) is 7.09. The van der Waals surface area contributed by atoms with Crippen molar-refractivity contribution in [3.63, 3.8) is 0 Å². The number of aryl methyl sites for hydroxylation is 1. The summed E-state index contributed by atoms with van der Waals surface area (Å²) in [6.07, 6.45) is 0. The first kappa shape index (κ1) is 19.4. The van der Waals surface area contributed by atoms with Gasteiger partial charge in [0.25, 0.3) is 0 Å². The van der Waals surface area contributed by atoms with Crippen LogP contribution in [-0.2, 0) is 4.79 Å². The summed E-state index contributed by atoms with van der Waals surface area (Å²) in [5, 5.41) is 12.4. The van der Waals surface area contributed by atoms with Crippen molar-refractivity contribution in [3.05, 3.63) is 60.2 Å². The number of para-hydroxylation sites is 1. The number of benzene rings is 2. The maximum absolute atomic E-state index is 13.0. The van der Waals surface area contributed by atoms with Crippen LogP contribution in [0.2, 0.25) is 0 Å². The number of carbonyl (C=O) groups is 1. The van der Waals surface area contributed by atoms with Gasteiger partial charge in [0.2, 0.25) is 11.1 Å². The molecule has 1 aliphatic rings. The highest BCUT2D eigenvalue weighted by Crippen LogP contribution is 2.25. The molecule has 2 aromatic carbocycles. The van der Waals surface area contributed by atoms with Gasteiger partial charge in [-0.2, -0.15) is 4.68 Å². The number of tetrazole rings is 1. The SMILES string of the molecule is Cc1ccc(-n2nnnc2S[C@@H](C)C(=O)N2CCN(c3ccccc3)CC2)cc1. The second kappa shape index (κ2) is 8.65. The molecule has 1 amide bonds. The Hall–Kier alpha value is -2.87. The topological polar surface area (TPSA) is 67.2 Å². The molecule has 150 valence electrons. The van der Waals surface area contributed by atoms with Crippen molar-refractivity contribution < 1.29 is 4.79 Å². The molecule has 1 aliphatic heterocycles. The number of amides is 1. The van der Waals surface area contributed by atoms with Crippen LogP contribution in [0, 0.1) is 6.92 Å². The zero-order valence-electron chi connectivity index (χ0n) is 16.6. The minimum absolute atomic E-state index is 0.126. The molecule has 1 atom stereocenters. The Labute approximate surface area is 174 Å². The van der Waals surface area contributed by atoms with E-state index in [1.807, 2.05) is 61.2 Å². The predicted molar refractivity (Wildman–Crippen MR) is 114 cm³/mol. The highest BCUT2D eigenvalue weighted by atomic mass is 32.2. The highest BCUT2D eigenvalue weighted by molar-refractivity contribution is 8.00. The fourth-order valence-electron chi connectivity index (χ4n) is 3.39. The molecule has 2 heterocycles. The lowest BCUT2D eigenvalue weighted by atomic mass is 10.2. The second-order valence-electron chi connectivity index (χ2n) is 7.12. The largest absolute Gasteiger partial charge is 0.368 e. The van der Waals surface area contributed by atoms with Gasteiger partial charge in [-0.05, 0) is 48.5 Å². The maximum atomic E-state index is 13.0. The summed E-state index contributed by atoms with van der Waals surface area (Å²) in [5.41, 5.74) is 3.27. The van der Waals surface area contributed by atoms with Gasteiger partial charge in [0.1, 0.15) is 0 Å². The normalized spacial score (nSPS) is 15.4. The van der Waals surface area contributed by atoms with Gasteiger partial charge in [0.15, 0.2) is 0 Å². The fraction of sp³-hybridized carbons (Fsp3) is 0.333. The molecule has 0 unspecified atom stereocenters. The second-order valence-corrected chi connectivity index (χ2v) is 8.42. The molecule has 29 heavy (non-hydrogen) atoms. The minimum atomic E-state index is -0.256. The summed E-state index contributed by atoms with van der Waals surface area (Å²) in [6, 6.07) is 18.3. The smallest absolute Gasteiger partial charge is 0.236 e. The van der Waals surface area contributed by atoms with Crippen LogP contribution in [-0.4, -0.2) is 62.4 Å². The summed E-state index contributed by atoms with van der Waals surface area (Å²) in [5.74, 6) is 0.126. The number of piperazine rings is 1. The predicted octanol–water partition coefficient (Wildman–Crippen LogP) is 2.80. The van der Waals surface area contributed by atoms with Gasteiger partial charge in [-0.25, -0.2) is 0 Å². The Morgan fingerprint density at radius 2 is 1.66 bits per heavy atom. The molecule has 4 rings (SSSR count). The lowest BCUT2D eigenvalue weighted by molar-refractivity contribution is -0.130. The minimum Gasteiger partial charge on any atom is -0.368 e. The molecule has 0 spiro atoms. The zero-order chi connectivity index (χ0) is 20.2. The maximum Gasteiger partial charge on any atom is 0.236 e. The molecule has 1 fully saturated rings. The fourth-order valence-corrected chi connectivity index (χ4v) is 4.28. The first-order valence-corrected chi connectivity index (χ1v) is 10.6. The van der Waals surface area contributed by atoms with E-state index in [2.05, 4.69) is 32.6 Å². The van der Waals surface area contributed by atoms with E-state index >= 15 is 0 Å². The molecule has 7 nitrogen and oxygen atoms in total. The average molecular weight is 409 g/mol. The van der Waals surface area contributed by atoms with Gasteiger partial charge in [0.05, 0.1) is 10.9 Å². The molecule has 0 N–H and O–H groups in total. The Balaban J connectivity index is 1.37. The van der Waals surface area contributed by atoms with Gasteiger partial charge in [-0.15, -0.1) is 5.10 Å². The van der Waals surface area contributed by atoms with Crippen LogP contribution in [0.1, 0.15) is 12.5 Å². The Morgan fingerprint density at radius 1 is 0.966 bits per heavy atom. The number of rotatable bonds is 5. The number of hydrogen-bond donors (Lipinski definition) is 0. The molecule has 0 bridgehead atoms. The van der Waals surface area contributed by atoms with Gasteiger partial charge >= 0.3 is 0 Å². The molecule has 0 saturated carbocycles. The van der Waals surface area contributed by atoms with E-state index in [1.165, 1.54) is 23.0 Å². The molecule has 0 aliphatic carbocycles. The van der Waals surface area contributed by atoms with E-state index in [0.717, 1.165) is 31.9 Å². The molecule has 8 heteroatoms. The van der Waals surface area contributed by atoms with E-state index in [9.17, 15) is 4.79 Å². The number of thioether (sulfide) groups is 1. The van der Waals surface area contributed by atoms with Crippen molar-refractivity contribution in [2.45, 2.75) is 24.3 Å². The standard InChI is InChI=1S/C21H24N6OS/c1-16-8-10-19(11-9-16)27-21(22-23-24-27)29-17(2)20(28)26-14-12-25(13-15-26)18-6-4-3-5-7-18/h3-11,17H,12-15H2,1-2H3/t17-/m0/s1. The summed E-state index contributed by atoms with van der Waals surface area (Å²) < 4.78 is 1.68.